The highest BCUT2D eigenvalue weighted by molar-refractivity contribution is 5.96. The van der Waals surface area contributed by atoms with Crippen LogP contribution in [0, 0.1) is 10.1 Å². The molecule has 0 aliphatic carbocycles. The molecule has 92 valence electrons. The molecule has 0 saturated carbocycles. The van der Waals surface area contributed by atoms with Crippen molar-refractivity contribution in [2.75, 3.05) is 5.43 Å². The summed E-state index contributed by atoms with van der Waals surface area (Å²) in [4.78, 5) is 10.3. The molecule has 0 aliphatic heterocycles. The Morgan fingerprint density at radius 2 is 2.11 bits per heavy atom. The van der Waals surface area contributed by atoms with Gasteiger partial charge in [-0.2, -0.15) is 5.10 Å². The van der Waals surface area contributed by atoms with Crippen molar-refractivity contribution in [2.24, 2.45) is 5.10 Å². The SMILES string of the molecule is C/C(=N\Nc1ccccc1[N+](=O)[O-])c1ccco1. The Morgan fingerprint density at radius 3 is 2.78 bits per heavy atom. The van der Waals surface area contributed by atoms with Crippen LogP contribution in [0.5, 0.6) is 0 Å². The molecule has 2 rings (SSSR count). The Labute approximate surface area is 103 Å². The van der Waals surface area contributed by atoms with E-state index in [9.17, 15) is 10.1 Å². The Kier molecular flexibility index (Phi) is 3.38. The molecule has 0 saturated heterocycles. The first-order valence-corrected chi connectivity index (χ1v) is 5.26. The van der Waals surface area contributed by atoms with Gasteiger partial charge in [0.2, 0.25) is 0 Å². The summed E-state index contributed by atoms with van der Waals surface area (Å²) in [7, 11) is 0. The lowest BCUT2D eigenvalue weighted by Crippen LogP contribution is -2.00. The van der Waals surface area contributed by atoms with Gasteiger partial charge >= 0.3 is 0 Å². The van der Waals surface area contributed by atoms with Crippen molar-refractivity contribution in [2.45, 2.75) is 6.92 Å². The smallest absolute Gasteiger partial charge is 0.294 e. The number of hydrazone groups is 1. The number of rotatable bonds is 4. The zero-order valence-electron chi connectivity index (χ0n) is 9.66. The lowest BCUT2D eigenvalue weighted by Gasteiger charge is -2.02. The van der Waals surface area contributed by atoms with Crippen LogP contribution in [0.2, 0.25) is 0 Å². The number of hydrogen-bond donors (Lipinski definition) is 1. The van der Waals surface area contributed by atoms with E-state index in [0.29, 0.717) is 17.2 Å². The fraction of sp³-hybridized carbons (Fsp3) is 0.0833. The molecule has 0 amide bonds. The summed E-state index contributed by atoms with van der Waals surface area (Å²) < 4.78 is 5.16. The summed E-state index contributed by atoms with van der Waals surface area (Å²) in [5, 5.41) is 14.8. The van der Waals surface area contributed by atoms with Gasteiger partial charge in [-0.3, -0.25) is 15.5 Å². The summed E-state index contributed by atoms with van der Waals surface area (Å²) in [6.07, 6.45) is 1.54. The summed E-state index contributed by atoms with van der Waals surface area (Å²) in [6, 6.07) is 9.83. The Bertz CT molecular complexity index is 576. The summed E-state index contributed by atoms with van der Waals surface area (Å²) in [5.74, 6) is 0.612. The normalized spacial score (nSPS) is 11.3. The summed E-state index contributed by atoms with van der Waals surface area (Å²) in [5.41, 5.74) is 3.60. The lowest BCUT2D eigenvalue weighted by atomic mass is 10.3. The maximum atomic E-state index is 10.8. The van der Waals surface area contributed by atoms with Gasteiger partial charge in [-0.15, -0.1) is 0 Å². The monoisotopic (exact) mass is 245 g/mol. The van der Waals surface area contributed by atoms with E-state index in [-0.39, 0.29) is 5.69 Å². The van der Waals surface area contributed by atoms with Gasteiger partial charge in [0, 0.05) is 6.07 Å². The fourth-order valence-corrected chi connectivity index (χ4v) is 1.41. The first-order chi connectivity index (χ1) is 8.68. The van der Waals surface area contributed by atoms with Crippen LogP contribution in [0.1, 0.15) is 12.7 Å². The van der Waals surface area contributed by atoms with Crippen molar-refractivity contribution in [3.63, 3.8) is 0 Å². The number of nitro benzene ring substituents is 1. The Balaban J connectivity index is 2.20. The molecule has 6 heteroatoms. The molecule has 0 fully saturated rings. The van der Waals surface area contributed by atoms with Gasteiger partial charge in [0.05, 0.1) is 11.2 Å². The number of nitrogens with one attached hydrogen (secondary N) is 1. The Hall–Kier alpha value is -2.63. The molecule has 0 bridgehead atoms. The predicted octanol–water partition coefficient (Wildman–Crippen LogP) is 3.02. The molecule has 0 radical (unpaired) electrons. The molecule has 0 spiro atoms. The Morgan fingerprint density at radius 1 is 1.33 bits per heavy atom. The number of para-hydroxylation sites is 2. The van der Waals surface area contributed by atoms with E-state index in [2.05, 4.69) is 10.5 Å². The van der Waals surface area contributed by atoms with Crippen LogP contribution >= 0.6 is 0 Å². The van der Waals surface area contributed by atoms with Crippen LogP contribution in [0.3, 0.4) is 0 Å². The fourth-order valence-electron chi connectivity index (χ4n) is 1.41. The second kappa shape index (κ2) is 5.13. The van der Waals surface area contributed by atoms with Crippen molar-refractivity contribution in [1.82, 2.24) is 0 Å². The highest BCUT2D eigenvalue weighted by Gasteiger charge is 2.11. The average molecular weight is 245 g/mol. The average Bonchev–Trinajstić information content (AvgIpc) is 2.90. The zero-order valence-corrected chi connectivity index (χ0v) is 9.66. The van der Waals surface area contributed by atoms with E-state index in [0.717, 1.165) is 0 Å². The lowest BCUT2D eigenvalue weighted by molar-refractivity contribution is -0.384. The van der Waals surface area contributed by atoms with Crippen LogP contribution in [0.4, 0.5) is 11.4 Å². The van der Waals surface area contributed by atoms with Gasteiger partial charge in [-0.1, -0.05) is 12.1 Å². The molecule has 0 atom stereocenters. The number of nitro groups is 1. The van der Waals surface area contributed by atoms with Gasteiger partial charge in [0.1, 0.15) is 17.2 Å². The van der Waals surface area contributed by atoms with Crippen molar-refractivity contribution in [3.8, 4) is 0 Å². The van der Waals surface area contributed by atoms with E-state index in [1.54, 1.807) is 43.5 Å². The second-order valence-corrected chi connectivity index (χ2v) is 3.56. The third-order valence-electron chi connectivity index (χ3n) is 2.32. The van der Waals surface area contributed by atoms with Crippen LogP contribution in [-0.2, 0) is 0 Å². The molecule has 2 aromatic rings. The van der Waals surface area contributed by atoms with Crippen LogP contribution < -0.4 is 5.43 Å². The summed E-state index contributed by atoms with van der Waals surface area (Å²) >= 11 is 0. The molecule has 1 N–H and O–H groups in total. The minimum atomic E-state index is -0.458. The molecular formula is C12H11N3O3. The zero-order chi connectivity index (χ0) is 13.0. The van der Waals surface area contributed by atoms with Crippen LogP contribution in [0.15, 0.2) is 52.2 Å². The molecule has 0 unspecified atom stereocenters. The van der Waals surface area contributed by atoms with Gasteiger partial charge in [-0.05, 0) is 25.1 Å². The molecular weight excluding hydrogens is 234 g/mol. The maximum Gasteiger partial charge on any atom is 0.294 e. The minimum absolute atomic E-state index is 0.0199. The third-order valence-corrected chi connectivity index (χ3v) is 2.32. The maximum absolute atomic E-state index is 10.8. The van der Waals surface area contributed by atoms with E-state index < -0.39 is 4.92 Å². The van der Waals surface area contributed by atoms with Gasteiger partial charge in [0.15, 0.2) is 0 Å². The highest BCUT2D eigenvalue weighted by Crippen LogP contribution is 2.23. The van der Waals surface area contributed by atoms with Crippen molar-refractivity contribution in [3.05, 3.63) is 58.5 Å². The van der Waals surface area contributed by atoms with Crippen molar-refractivity contribution in [1.29, 1.82) is 0 Å². The van der Waals surface area contributed by atoms with Crippen molar-refractivity contribution >= 4 is 17.1 Å². The summed E-state index contributed by atoms with van der Waals surface area (Å²) in [6.45, 7) is 1.75. The number of nitrogens with zero attached hydrogens (tertiary/aromatic N) is 2. The van der Waals surface area contributed by atoms with E-state index in [1.165, 1.54) is 6.07 Å². The highest BCUT2D eigenvalue weighted by atomic mass is 16.6. The van der Waals surface area contributed by atoms with E-state index >= 15 is 0 Å². The molecule has 1 aromatic carbocycles. The van der Waals surface area contributed by atoms with E-state index in [4.69, 9.17) is 4.42 Å². The topological polar surface area (TPSA) is 80.7 Å². The second-order valence-electron chi connectivity index (χ2n) is 3.56. The van der Waals surface area contributed by atoms with Gasteiger partial charge in [0.25, 0.3) is 5.69 Å². The molecule has 18 heavy (non-hydrogen) atoms. The first kappa shape index (κ1) is 11.8. The van der Waals surface area contributed by atoms with Crippen LogP contribution in [0.25, 0.3) is 0 Å². The van der Waals surface area contributed by atoms with Crippen LogP contribution in [-0.4, -0.2) is 10.6 Å². The quantitative estimate of drug-likeness (QED) is 0.510. The first-order valence-electron chi connectivity index (χ1n) is 5.26. The standard InChI is InChI=1S/C12H11N3O3/c1-9(12-7-4-8-18-12)13-14-10-5-2-3-6-11(10)15(16)17/h2-8,14H,1H3/b13-9+. The molecule has 0 aliphatic rings. The number of hydrogen-bond acceptors (Lipinski definition) is 5. The van der Waals surface area contributed by atoms with Gasteiger partial charge < -0.3 is 4.42 Å². The van der Waals surface area contributed by atoms with Crippen molar-refractivity contribution < 1.29 is 9.34 Å². The van der Waals surface area contributed by atoms with Gasteiger partial charge in [-0.25, -0.2) is 0 Å². The largest absolute Gasteiger partial charge is 0.463 e. The number of anilines is 1. The molecule has 6 nitrogen and oxygen atoms in total. The number of benzene rings is 1. The number of furan rings is 1. The third kappa shape index (κ3) is 2.54. The predicted molar refractivity (Wildman–Crippen MR) is 67.6 cm³/mol. The molecule has 1 heterocycles. The molecule has 1 aromatic heterocycles. The van der Waals surface area contributed by atoms with E-state index in [1.807, 2.05) is 0 Å². The minimum Gasteiger partial charge on any atom is -0.463 e.